The minimum Gasteiger partial charge on any atom is -0.508 e. The summed E-state index contributed by atoms with van der Waals surface area (Å²) in [6.07, 6.45) is 0.275. The number of carbonyl (C=O) groups is 3. The predicted molar refractivity (Wildman–Crippen MR) is 122 cm³/mol. The fourth-order valence-corrected chi connectivity index (χ4v) is 5.45. The van der Waals surface area contributed by atoms with Gasteiger partial charge in [-0.05, 0) is 24.1 Å². The number of ketones is 2. The first kappa shape index (κ1) is 22.3. The van der Waals surface area contributed by atoms with Crippen LogP contribution in [0.5, 0.6) is 23.0 Å². The second-order valence-electron chi connectivity index (χ2n) is 8.69. The molecule has 2 aromatic rings. The van der Waals surface area contributed by atoms with Gasteiger partial charge >= 0.3 is 0 Å². The summed E-state index contributed by atoms with van der Waals surface area (Å²) >= 11 is 6.48. The van der Waals surface area contributed by atoms with Gasteiger partial charge in [-0.1, -0.05) is 30.7 Å². The maximum absolute atomic E-state index is 14.2. The molecule has 2 aliphatic heterocycles. The molecule has 0 aromatic heterocycles. The molecule has 2 heterocycles. The minimum absolute atomic E-state index is 0.0266. The number of ether oxygens (including phenoxy) is 3. The second kappa shape index (κ2) is 7.77. The molecule has 8 nitrogen and oxygen atoms in total. The number of rotatable bonds is 3. The molecule has 2 aromatic carbocycles. The van der Waals surface area contributed by atoms with Crippen LogP contribution in [0.25, 0.3) is 0 Å². The Morgan fingerprint density at radius 2 is 1.74 bits per heavy atom. The number of phenolic OH excluding ortho intramolecular Hbond substituents is 1. The van der Waals surface area contributed by atoms with E-state index in [1.54, 1.807) is 19.1 Å². The number of carbonyl (C=O) groups excluding carboxylic acids is 3. The number of hydrogen-bond acceptors (Lipinski definition) is 7. The van der Waals surface area contributed by atoms with E-state index in [0.717, 1.165) is 0 Å². The lowest BCUT2D eigenvalue weighted by atomic mass is 9.66. The lowest BCUT2D eigenvalue weighted by Gasteiger charge is -2.41. The number of Topliss-reactive ketones (excluding diaryl/α,β-unsaturated/α-hetero) is 2. The number of amides is 1. The number of fused-ring (bicyclic) bond motifs is 1. The maximum Gasteiger partial charge on any atom is 0.236 e. The van der Waals surface area contributed by atoms with Gasteiger partial charge in [0.05, 0.1) is 14.2 Å². The van der Waals surface area contributed by atoms with E-state index in [4.69, 9.17) is 25.8 Å². The third-order valence-electron chi connectivity index (χ3n) is 6.85. The number of halogens is 1. The van der Waals surface area contributed by atoms with Crippen molar-refractivity contribution in [2.75, 3.05) is 14.2 Å². The van der Waals surface area contributed by atoms with Crippen molar-refractivity contribution in [3.05, 3.63) is 57.8 Å². The maximum atomic E-state index is 14.2. The van der Waals surface area contributed by atoms with Crippen LogP contribution in [0.4, 0.5) is 0 Å². The van der Waals surface area contributed by atoms with E-state index in [2.05, 4.69) is 5.32 Å². The predicted octanol–water partition coefficient (Wildman–Crippen LogP) is 3.54. The average molecular weight is 484 g/mol. The number of phenols is 1. The highest BCUT2D eigenvalue weighted by Gasteiger charge is 2.63. The van der Waals surface area contributed by atoms with Gasteiger partial charge in [0.15, 0.2) is 5.75 Å². The second-order valence-corrected chi connectivity index (χ2v) is 9.07. The van der Waals surface area contributed by atoms with Gasteiger partial charge in [0.1, 0.15) is 27.8 Å². The van der Waals surface area contributed by atoms with Gasteiger partial charge in [0.2, 0.25) is 23.1 Å². The average Bonchev–Trinajstić information content (AvgIpc) is 3.13. The lowest BCUT2D eigenvalue weighted by molar-refractivity contribution is -0.131. The Balaban J connectivity index is 1.67. The van der Waals surface area contributed by atoms with Crippen LogP contribution in [-0.4, -0.2) is 42.4 Å². The van der Waals surface area contributed by atoms with Crippen LogP contribution in [0.1, 0.15) is 41.6 Å². The summed E-state index contributed by atoms with van der Waals surface area (Å²) in [5.74, 6) is -1.88. The van der Waals surface area contributed by atoms with Crippen molar-refractivity contribution >= 4 is 29.1 Å². The summed E-state index contributed by atoms with van der Waals surface area (Å²) in [5, 5.41) is 12.6. The van der Waals surface area contributed by atoms with Crippen molar-refractivity contribution in [2.24, 2.45) is 5.92 Å². The number of methoxy groups -OCH3 is 2. The zero-order chi connectivity index (χ0) is 24.4. The van der Waals surface area contributed by atoms with Crippen molar-refractivity contribution in [1.29, 1.82) is 0 Å². The normalized spacial score (nSPS) is 25.6. The summed E-state index contributed by atoms with van der Waals surface area (Å²) < 4.78 is 16.9. The molecule has 0 saturated heterocycles. The first-order valence-electron chi connectivity index (χ1n) is 10.8. The molecule has 176 valence electrons. The molecule has 9 heteroatoms. The third kappa shape index (κ3) is 2.94. The highest BCUT2D eigenvalue weighted by molar-refractivity contribution is 6.36. The molecule has 3 atom stereocenters. The van der Waals surface area contributed by atoms with Gasteiger partial charge in [-0.25, -0.2) is 0 Å². The van der Waals surface area contributed by atoms with Crippen LogP contribution < -0.4 is 19.5 Å². The number of benzene rings is 2. The van der Waals surface area contributed by atoms with Gasteiger partial charge in [0, 0.05) is 35.6 Å². The van der Waals surface area contributed by atoms with Crippen LogP contribution >= 0.6 is 11.6 Å². The molecule has 1 amide bonds. The van der Waals surface area contributed by atoms with E-state index in [1.807, 2.05) is 0 Å². The molecule has 0 radical (unpaired) electrons. The zero-order valence-electron chi connectivity index (χ0n) is 18.7. The first-order valence-corrected chi connectivity index (χ1v) is 11.2. The molecule has 1 spiro atoms. The van der Waals surface area contributed by atoms with Crippen molar-refractivity contribution in [3.8, 4) is 23.0 Å². The summed E-state index contributed by atoms with van der Waals surface area (Å²) in [6.45, 7) is 1.74. The number of nitrogens with one attached hydrogen (secondary N) is 1. The number of hydrogen-bond donors (Lipinski definition) is 2. The van der Waals surface area contributed by atoms with Gasteiger partial charge in [-0.2, -0.15) is 0 Å². The fraction of sp³-hybridized carbons (Fsp3) is 0.320. The van der Waals surface area contributed by atoms with Gasteiger partial charge in [0.25, 0.3) is 0 Å². The molecular weight excluding hydrogens is 462 g/mol. The van der Waals surface area contributed by atoms with Gasteiger partial charge in [-0.15, -0.1) is 0 Å². The topological polar surface area (TPSA) is 111 Å². The van der Waals surface area contributed by atoms with Crippen molar-refractivity contribution in [3.63, 3.8) is 0 Å². The van der Waals surface area contributed by atoms with E-state index in [1.165, 1.54) is 32.4 Å². The van der Waals surface area contributed by atoms with Crippen molar-refractivity contribution in [2.45, 2.75) is 31.3 Å². The van der Waals surface area contributed by atoms with Gasteiger partial charge in [-0.3, -0.25) is 14.4 Å². The van der Waals surface area contributed by atoms with Crippen molar-refractivity contribution < 1.29 is 33.7 Å². The Kier molecular flexibility index (Phi) is 5.09. The molecule has 3 aliphatic rings. The molecular formula is C25H22ClNO7. The molecule has 2 N–H and O–H groups in total. The fourth-order valence-electron chi connectivity index (χ4n) is 5.18. The summed E-state index contributed by atoms with van der Waals surface area (Å²) in [5.41, 5.74) is -0.258. The van der Waals surface area contributed by atoms with Crippen LogP contribution in [0.3, 0.4) is 0 Å². The Bertz CT molecular complexity index is 1280. The molecule has 1 aliphatic carbocycles. The van der Waals surface area contributed by atoms with E-state index in [0.29, 0.717) is 16.8 Å². The molecule has 0 fully saturated rings. The summed E-state index contributed by atoms with van der Waals surface area (Å²) in [7, 11) is 2.84. The molecule has 0 bridgehead atoms. The first-order chi connectivity index (χ1) is 16.2. The molecule has 1 unspecified atom stereocenters. The van der Waals surface area contributed by atoms with E-state index < -0.39 is 29.0 Å². The monoisotopic (exact) mass is 483 g/mol. The lowest BCUT2D eigenvalue weighted by Crippen LogP contribution is -2.59. The number of allylic oxidation sites excluding steroid dienone is 1. The SMILES string of the molecule is COc1cc(OC)c2c(c1Cl)O[C@@]1(C(=O)C3=C(C[C@H]1C)NC(=O)CC3c1ccc(O)cc1)C2=O. The van der Waals surface area contributed by atoms with E-state index in [-0.39, 0.29) is 52.3 Å². The Labute approximate surface area is 200 Å². The highest BCUT2D eigenvalue weighted by Crippen LogP contribution is 2.55. The Morgan fingerprint density at radius 1 is 1.06 bits per heavy atom. The molecule has 34 heavy (non-hydrogen) atoms. The van der Waals surface area contributed by atoms with Crippen LogP contribution in [0.15, 0.2) is 41.6 Å². The molecule has 0 saturated carbocycles. The van der Waals surface area contributed by atoms with Crippen LogP contribution in [0, 0.1) is 5.92 Å². The van der Waals surface area contributed by atoms with E-state index in [9.17, 15) is 19.5 Å². The Hall–Kier alpha value is -3.52. The van der Waals surface area contributed by atoms with Crippen molar-refractivity contribution in [1.82, 2.24) is 5.32 Å². The summed E-state index contributed by atoms with van der Waals surface area (Å²) in [6, 6.07) is 7.82. The van der Waals surface area contributed by atoms with Gasteiger partial charge < -0.3 is 24.6 Å². The zero-order valence-corrected chi connectivity index (χ0v) is 19.5. The van der Waals surface area contributed by atoms with E-state index >= 15 is 0 Å². The standard InChI is InChI=1S/C25H22ClNO7/c1-11-8-15-19(14(9-18(29)27-15)12-4-6-13(28)7-5-12)23(30)25(11)24(31)20-16(32-2)10-17(33-3)21(26)22(20)34-25/h4-7,10-11,14,28H,8-9H2,1-3H3,(H,27,29)/t11-,14?,25+/m1/s1. The van der Waals surface area contributed by atoms with Crippen LogP contribution in [-0.2, 0) is 9.59 Å². The minimum atomic E-state index is -1.85. The largest absolute Gasteiger partial charge is 0.508 e. The number of aromatic hydroxyl groups is 1. The quantitative estimate of drug-likeness (QED) is 0.642. The molecule has 5 rings (SSSR count). The third-order valence-corrected chi connectivity index (χ3v) is 7.21. The smallest absolute Gasteiger partial charge is 0.236 e. The van der Waals surface area contributed by atoms with Crippen LogP contribution in [0.2, 0.25) is 5.02 Å². The highest BCUT2D eigenvalue weighted by atomic mass is 35.5. The Morgan fingerprint density at radius 3 is 2.38 bits per heavy atom. The summed E-state index contributed by atoms with van der Waals surface area (Å²) in [4.78, 5) is 40.5.